The molecule has 0 bridgehead atoms. The quantitative estimate of drug-likeness (QED) is 0.492. The molecule has 0 aliphatic rings. The van der Waals surface area contributed by atoms with Crippen molar-refractivity contribution in [2.24, 2.45) is 0 Å². The number of rotatable bonds is 6. The Morgan fingerprint density at radius 2 is 1.13 bits per heavy atom. The summed E-state index contributed by atoms with van der Waals surface area (Å²) in [5.41, 5.74) is 3.75. The summed E-state index contributed by atoms with van der Waals surface area (Å²) < 4.78 is 6.49. The van der Waals surface area contributed by atoms with E-state index in [1.54, 1.807) is 0 Å². The second kappa shape index (κ2) is 8.10. The number of hydrogen-bond acceptors (Lipinski definition) is 1. The average molecular weight is 318 g/mol. The van der Waals surface area contributed by atoms with Crippen molar-refractivity contribution in [1.82, 2.24) is 0 Å². The second-order valence-corrected chi connectivity index (χ2v) is 7.36. The lowest BCUT2D eigenvalue weighted by Crippen LogP contribution is -2.43. The summed E-state index contributed by atoms with van der Waals surface area (Å²) >= 11 is 0. The Morgan fingerprint density at radius 3 is 1.61 bits per heavy atom. The molecule has 1 atom stereocenters. The summed E-state index contributed by atoms with van der Waals surface area (Å²) in [6, 6.07) is 31.5. The fraction of sp³-hybridized carbons (Fsp3) is 0.100. The SMILES string of the molecule is CP(Cc1ccccc1)OB(c1ccccc1)c1ccccc1. The Labute approximate surface area is 140 Å². The van der Waals surface area contributed by atoms with Gasteiger partial charge in [-0.15, -0.1) is 0 Å². The van der Waals surface area contributed by atoms with Gasteiger partial charge in [-0.05, 0) is 23.2 Å². The Morgan fingerprint density at radius 1 is 0.696 bits per heavy atom. The van der Waals surface area contributed by atoms with Crippen molar-refractivity contribution in [2.75, 3.05) is 6.66 Å². The van der Waals surface area contributed by atoms with Gasteiger partial charge in [-0.25, -0.2) is 0 Å². The highest BCUT2D eigenvalue weighted by molar-refractivity contribution is 7.52. The molecule has 0 fully saturated rings. The van der Waals surface area contributed by atoms with Gasteiger partial charge >= 0.3 is 6.92 Å². The summed E-state index contributed by atoms with van der Waals surface area (Å²) in [5, 5.41) is 0. The summed E-state index contributed by atoms with van der Waals surface area (Å²) in [6.07, 6.45) is 0.979. The topological polar surface area (TPSA) is 9.23 Å². The standard InChI is InChI=1S/C20H20BOP/c1-23(17-18-11-5-2-6-12-18)22-21(19-13-7-3-8-14-19)20-15-9-4-10-16-20/h2-16H,17H2,1H3. The smallest absolute Gasteiger partial charge is 0.365 e. The first-order chi connectivity index (χ1) is 11.3. The van der Waals surface area contributed by atoms with Crippen molar-refractivity contribution in [3.63, 3.8) is 0 Å². The molecule has 114 valence electrons. The number of hydrogen-bond donors (Lipinski definition) is 0. The first kappa shape index (κ1) is 16.0. The van der Waals surface area contributed by atoms with E-state index in [1.165, 1.54) is 16.5 Å². The monoisotopic (exact) mass is 318 g/mol. The predicted octanol–water partition coefficient (Wildman–Crippen LogP) is 4.04. The first-order valence-electron chi connectivity index (χ1n) is 7.84. The van der Waals surface area contributed by atoms with E-state index in [-0.39, 0.29) is 6.92 Å². The molecule has 1 nitrogen and oxygen atoms in total. The van der Waals surface area contributed by atoms with Crippen LogP contribution in [0.3, 0.4) is 0 Å². The van der Waals surface area contributed by atoms with Gasteiger partial charge in [0, 0.05) is 14.3 Å². The fourth-order valence-electron chi connectivity index (χ4n) is 2.63. The minimum absolute atomic E-state index is 0.00257. The molecule has 0 spiro atoms. The van der Waals surface area contributed by atoms with Crippen molar-refractivity contribution < 1.29 is 4.44 Å². The van der Waals surface area contributed by atoms with Crippen molar-refractivity contribution in [2.45, 2.75) is 6.16 Å². The molecule has 0 saturated carbocycles. The normalized spacial score (nSPS) is 11.9. The van der Waals surface area contributed by atoms with E-state index in [1.807, 2.05) is 12.1 Å². The molecule has 23 heavy (non-hydrogen) atoms. The molecule has 3 heteroatoms. The van der Waals surface area contributed by atoms with E-state index in [0.717, 1.165) is 6.16 Å². The van der Waals surface area contributed by atoms with Crippen LogP contribution in [0.1, 0.15) is 5.56 Å². The highest BCUT2D eigenvalue weighted by Crippen LogP contribution is 2.37. The van der Waals surface area contributed by atoms with Crippen LogP contribution < -0.4 is 10.9 Å². The summed E-state index contributed by atoms with van der Waals surface area (Å²) in [5.74, 6) is 0. The first-order valence-corrected chi connectivity index (χ1v) is 9.74. The van der Waals surface area contributed by atoms with Crippen molar-refractivity contribution in [1.29, 1.82) is 0 Å². The van der Waals surface area contributed by atoms with Crippen molar-refractivity contribution in [3.8, 4) is 0 Å². The van der Waals surface area contributed by atoms with Crippen LogP contribution in [0.15, 0.2) is 91.0 Å². The molecule has 3 aromatic carbocycles. The highest BCUT2D eigenvalue weighted by Gasteiger charge is 2.23. The minimum atomic E-state index is -0.543. The molecule has 0 radical (unpaired) electrons. The van der Waals surface area contributed by atoms with E-state index < -0.39 is 8.15 Å². The lowest BCUT2D eigenvalue weighted by molar-refractivity contribution is 0.660. The van der Waals surface area contributed by atoms with Crippen LogP contribution in [0, 0.1) is 0 Å². The van der Waals surface area contributed by atoms with Gasteiger partial charge in [0.25, 0.3) is 0 Å². The molecule has 0 heterocycles. The van der Waals surface area contributed by atoms with Gasteiger partial charge < -0.3 is 4.44 Å². The van der Waals surface area contributed by atoms with Crippen LogP contribution in [-0.4, -0.2) is 13.6 Å². The Kier molecular flexibility index (Phi) is 5.63. The van der Waals surface area contributed by atoms with Gasteiger partial charge in [0.2, 0.25) is 0 Å². The lowest BCUT2D eigenvalue weighted by Gasteiger charge is -2.21. The predicted molar refractivity (Wildman–Crippen MR) is 102 cm³/mol. The maximum absolute atomic E-state index is 6.49. The summed E-state index contributed by atoms with van der Waals surface area (Å²) in [7, 11) is -0.543. The van der Waals surface area contributed by atoms with Crippen LogP contribution in [-0.2, 0) is 10.6 Å². The van der Waals surface area contributed by atoms with Crippen molar-refractivity contribution >= 4 is 26.0 Å². The zero-order chi connectivity index (χ0) is 15.9. The van der Waals surface area contributed by atoms with Crippen LogP contribution in [0.4, 0.5) is 0 Å². The second-order valence-electron chi connectivity index (χ2n) is 5.58. The number of benzene rings is 3. The Bertz CT molecular complexity index is 664. The van der Waals surface area contributed by atoms with Crippen LogP contribution in [0.25, 0.3) is 0 Å². The third-order valence-electron chi connectivity index (χ3n) is 3.74. The third-order valence-corrected chi connectivity index (χ3v) is 5.12. The Hall–Kier alpha value is -1.89. The lowest BCUT2D eigenvalue weighted by atomic mass is 9.56. The molecule has 0 aromatic heterocycles. The van der Waals surface area contributed by atoms with Gasteiger partial charge in [0.05, 0.1) is 0 Å². The van der Waals surface area contributed by atoms with Gasteiger partial charge in [-0.1, -0.05) is 91.0 Å². The van der Waals surface area contributed by atoms with Crippen LogP contribution >= 0.6 is 8.15 Å². The van der Waals surface area contributed by atoms with E-state index in [2.05, 4.69) is 85.5 Å². The highest BCUT2D eigenvalue weighted by atomic mass is 31.1. The zero-order valence-electron chi connectivity index (χ0n) is 13.3. The molecule has 1 unspecified atom stereocenters. The molecule has 3 aromatic rings. The van der Waals surface area contributed by atoms with Gasteiger partial charge in [-0.2, -0.15) is 0 Å². The van der Waals surface area contributed by atoms with E-state index in [0.29, 0.717) is 0 Å². The van der Waals surface area contributed by atoms with E-state index >= 15 is 0 Å². The van der Waals surface area contributed by atoms with Gasteiger partial charge in [-0.3, -0.25) is 0 Å². The Balaban J connectivity index is 1.79. The summed E-state index contributed by atoms with van der Waals surface area (Å²) in [4.78, 5) is 0. The molecular formula is C20H20BOP. The minimum Gasteiger partial charge on any atom is -0.404 e. The molecule has 3 rings (SSSR count). The molecule has 0 aliphatic heterocycles. The molecule has 0 amide bonds. The van der Waals surface area contributed by atoms with E-state index in [4.69, 9.17) is 4.44 Å². The molecule has 0 aliphatic carbocycles. The molecular weight excluding hydrogens is 298 g/mol. The van der Waals surface area contributed by atoms with Gasteiger partial charge in [0.1, 0.15) is 0 Å². The molecule has 0 saturated heterocycles. The van der Waals surface area contributed by atoms with Crippen LogP contribution in [0.5, 0.6) is 0 Å². The third kappa shape index (κ3) is 4.54. The zero-order valence-corrected chi connectivity index (χ0v) is 14.2. The molecule has 0 N–H and O–H groups in total. The van der Waals surface area contributed by atoms with Gasteiger partial charge in [0.15, 0.2) is 0 Å². The largest absolute Gasteiger partial charge is 0.404 e. The van der Waals surface area contributed by atoms with E-state index in [9.17, 15) is 0 Å². The average Bonchev–Trinajstić information content (AvgIpc) is 2.62. The van der Waals surface area contributed by atoms with Crippen LogP contribution in [0.2, 0.25) is 0 Å². The maximum Gasteiger partial charge on any atom is 0.365 e. The maximum atomic E-state index is 6.49. The fourth-order valence-corrected chi connectivity index (χ4v) is 4.03. The summed E-state index contributed by atoms with van der Waals surface area (Å²) in [6.45, 7) is 2.21. The van der Waals surface area contributed by atoms with Crippen molar-refractivity contribution in [3.05, 3.63) is 96.6 Å².